The van der Waals surface area contributed by atoms with E-state index in [4.69, 9.17) is 18.9 Å². The minimum atomic E-state index is -0.765. The first-order valence-electron chi connectivity index (χ1n) is 9.69. The molecule has 0 fully saturated rings. The Morgan fingerprint density at radius 2 is 1.66 bits per heavy atom. The van der Waals surface area contributed by atoms with Gasteiger partial charge in [0.15, 0.2) is 18.1 Å². The number of hydrazone groups is 1. The normalized spacial score (nSPS) is 13.2. The summed E-state index contributed by atoms with van der Waals surface area (Å²) in [6.45, 7) is -0.534. The summed E-state index contributed by atoms with van der Waals surface area (Å²) >= 11 is 0. The number of amides is 2. The standard InChI is InChI=1S/C22H23N3O7/c1-29-17-11-14(12-18(30-2)21(17)31-3)23-19(26)13-32-22(28)16-9-10-20(27)25(24-16)15-7-5-4-6-8-15/h4-8,11-12H,9-10,13H2,1-3H3,(H,23,26). The summed E-state index contributed by atoms with van der Waals surface area (Å²) in [6, 6.07) is 11.9. The van der Waals surface area contributed by atoms with Crippen molar-refractivity contribution in [2.24, 2.45) is 5.10 Å². The van der Waals surface area contributed by atoms with E-state index in [1.54, 1.807) is 36.4 Å². The lowest BCUT2D eigenvalue weighted by molar-refractivity contribution is -0.140. The van der Waals surface area contributed by atoms with Crippen LogP contribution in [-0.2, 0) is 19.1 Å². The molecule has 0 unspecified atom stereocenters. The second-order valence-corrected chi connectivity index (χ2v) is 6.63. The van der Waals surface area contributed by atoms with E-state index < -0.39 is 18.5 Å². The molecule has 0 radical (unpaired) electrons. The minimum absolute atomic E-state index is 0.0639. The van der Waals surface area contributed by atoms with Crippen molar-refractivity contribution in [1.82, 2.24) is 0 Å². The average molecular weight is 441 g/mol. The molecular weight excluding hydrogens is 418 g/mol. The molecule has 32 heavy (non-hydrogen) atoms. The van der Waals surface area contributed by atoms with Crippen molar-refractivity contribution in [3.8, 4) is 17.2 Å². The highest BCUT2D eigenvalue weighted by molar-refractivity contribution is 6.38. The Bertz CT molecular complexity index is 1010. The van der Waals surface area contributed by atoms with Crippen LogP contribution in [0.2, 0.25) is 0 Å². The van der Waals surface area contributed by atoms with Crippen LogP contribution in [0.25, 0.3) is 0 Å². The highest BCUT2D eigenvalue weighted by Gasteiger charge is 2.27. The van der Waals surface area contributed by atoms with E-state index in [9.17, 15) is 14.4 Å². The summed E-state index contributed by atoms with van der Waals surface area (Å²) in [4.78, 5) is 36.8. The van der Waals surface area contributed by atoms with Gasteiger partial charge in [-0.25, -0.2) is 9.80 Å². The number of nitrogens with zero attached hydrogens (tertiary/aromatic N) is 2. The maximum absolute atomic E-state index is 12.4. The summed E-state index contributed by atoms with van der Waals surface area (Å²) < 4.78 is 20.8. The first-order chi connectivity index (χ1) is 15.5. The Labute approximate surface area is 184 Å². The zero-order valence-corrected chi connectivity index (χ0v) is 17.9. The van der Waals surface area contributed by atoms with E-state index in [-0.39, 0.29) is 24.5 Å². The van der Waals surface area contributed by atoms with Gasteiger partial charge in [-0.05, 0) is 12.1 Å². The van der Waals surface area contributed by atoms with Crippen LogP contribution in [0.5, 0.6) is 17.2 Å². The molecule has 3 rings (SSSR count). The second-order valence-electron chi connectivity index (χ2n) is 6.63. The maximum atomic E-state index is 12.4. The van der Waals surface area contributed by atoms with E-state index in [0.29, 0.717) is 28.6 Å². The lowest BCUT2D eigenvalue weighted by atomic mass is 10.1. The number of esters is 1. The molecule has 2 aromatic rings. The van der Waals surface area contributed by atoms with Crippen molar-refractivity contribution >= 4 is 34.9 Å². The van der Waals surface area contributed by atoms with Crippen LogP contribution < -0.4 is 24.5 Å². The lowest BCUT2D eigenvalue weighted by Crippen LogP contribution is -2.35. The topological polar surface area (TPSA) is 116 Å². The molecule has 10 heteroatoms. The van der Waals surface area contributed by atoms with E-state index in [1.807, 2.05) is 6.07 Å². The number of carbonyl (C=O) groups is 3. The number of para-hydroxylation sites is 1. The second kappa shape index (κ2) is 10.3. The molecule has 0 atom stereocenters. The van der Waals surface area contributed by atoms with Crippen molar-refractivity contribution < 1.29 is 33.3 Å². The molecule has 0 saturated heterocycles. The number of methoxy groups -OCH3 is 3. The number of ether oxygens (including phenoxy) is 4. The number of carbonyl (C=O) groups excluding carboxylic acids is 3. The molecule has 1 aliphatic rings. The molecule has 168 valence electrons. The van der Waals surface area contributed by atoms with E-state index in [0.717, 1.165) is 5.01 Å². The number of benzene rings is 2. The van der Waals surface area contributed by atoms with E-state index >= 15 is 0 Å². The first kappa shape index (κ1) is 22.6. The van der Waals surface area contributed by atoms with Crippen LogP contribution in [0.3, 0.4) is 0 Å². The van der Waals surface area contributed by atoms with Gasteiger partial charge in [0.1, 0.15) is 5.71 Å². The van der Waals surface area contributed by atoms with Gasteiger partial charge < -0.3 is 24.3 Å². The van der Waals surface area contributed by atoms with Crippen LogP contribution in [0.4, 0.5) is 11.4 Å². The summed E-state index contributed by atoms with van der Waals surface area (Å²) in [5, 5.41) is 7.88. The maximum Gasteiger partial charge on any atom is 0.355 e. The zero-order chi connectivity index (χ0) is 23.1. The van der Waals surface area contributed by atoms with Crippen molar-refractivity contribution in [3.05, 3.63) is 42.5 Å². The number of nitrogens with one attached hydrogen (secondary N) is 1. The fourth-order valence-corrected chi connectivity index (χ4v) is 3.04. The molecule has 0 aromatic heterocycles. The van der Waals surface area contributed by atoms with Gasteiger partial charge in [-0.1, -0.05) is 18.2 Å². The summed E-state index contributed by atoms with van der Waals surface area (Å²) in [5.41, 5.74) is 0.980. The van der Waals surface area contributed by atoms with Gasteiger partial charge in [0.2, 0.25) is 11.7 Å². The van der Waals surface area contributed by atoms with Gasteiger partial charge >= 0.3 is 5.97 Å². The quantitative estimate of drug-likeness (QED) is 0.625. The van der Waals surface area contributed by atoms with Crippen molar-refractivity contribution in [1.29, 1.82) is 0 Å². The van der Waals surface area contributed by atoms with Crippen molar-refractivity contribution in [3.63, 3.8) is 0 Å². The lowest BCUT2D eigenvalue weighted by Gasteiger charge is -2.22. The summed E-state index contributed by atoms with van der Waals surface area (Å²) in [6.07, 6.45) is 0.246. The van der Waals surface area contributed by atoms with E-state index in [1.165, 1.54) is 21.3 Å². The fraction of sp³-hybridized carbons (Fsp3) is 0.273. The van der Waals surface area contributed by atoms with Gasteiger partial charge in [0.25, 0.3) is 5.91 Å². The predicted molar refractivity (Wildman–Crippen MR) is 116 cm³/mol. The summed E-state index contributed by atoms with van der Waals surface area (Å²) in [7, 11) is 4.39. The molecule has 0 spiro atoms. The molecule has 2 aromatic carbocycles. The largest absolute Gasteiger partial charge is 0.493 e. The minimum Gasteiger partial charge on any atom is -0.493 e. The number of hydrogen-bond donors (Lipinski definition) is 1. The molecule has 2 amide bonds. The third kappa shape index (κ3) is 5.15. The number of anilines is 2. The predicted octanol–water partition coefficient (Wildman–Crippen LogP) is 2.38. The van der Waals surface area contributed by atoms with Crippen LogP contribution in [0.1, 0.15) is 12.8 Å². The third-order valence-electron chi connectivity index (χ3n) is 4.55. The van der Waals surface area contributed by atoms with Gasteiger partial charge in [-0.15, -0.1) is 0 Å². The third-order valence-corrected chi connectivity index (χ3v) is 4.55. The van der Waals surface area contributed by atoms with Crippen molar-refractivity contribution in [2.75, 3.05) is 38.3 Å². The van der Waals surface area contributed by atoms with Crippen LogP contribution in [0.15, 0.2) is 47.6 Å². The molecule has 0 aliphatic carbocycles. The Morgan fingerprint density at radius 3 is 2.25 bits per heavy atom. The first-order valence-corrected chi connectivity index (χ1v) is 9.69. The highest BCUT2D eigenvalue weighted by Crippen LogP contribution is 2.39. The van der Waals surface area contributed by atoms with E-state index in [2.05, 4.69) is 10.4 Å². The van der Waals surface area contributed by atoms with Gasteiger partial charge in [0, 0.05) is 30.7 Å². The zero-order valence-electron chi connectivity index (χ0n) is 17.9. The van der Waals surface area contributed by atoms with Crippen LogP contribution in [-0.4, -0.2) is 51.4 Å². The van der Waals surface area contributed by atoms with Gasteiger partial charge in [-0.3, -0.25) is 9.59 Å². The Balaban J connectivity index is 1.64. The Morgan fingerprint density at radius 1 is 1.00 bits per heavy atom. The van der Waals surface area contributed by atoms with Crippen molar-refractivity contribution in [2.45, 2.75) is 12.8 Å². The summed E-state index contributed by atoms with van der Waals surface area (Å²) in [5.74, 6) is -0.457. The highest BCUT2D eigenvalue weighted by atomic mass is 16.5. The van der Waals surface area contributed by atoms with Crippen LogP contribution in [0, 0.1) is 0 Å². The molecule has 1 aliphatic heterocycles. The number of hydrogen-bond acceptors (Lipinski definition) is 8. The molecule has 0 saturated carbocycles. The monoisotopic (exact) mass is 441 g/mol. The Kier molecular flexibility index (Phi) is 7.27. The molecule has 0 bridgehead atoms. The average Bonchev–Trinajstić information content (AvgIpc) is 2.82. The molecule has 1 N–H and O–H groups in total. The molecule has 1 heterocycles. The van der Waals surface area contributed by atoms with Gasteiger partial charge in [0.05, 0.1) is 27.0 Å². The Hall–Kier alpha value is -4.08. The fourth-order valence-electron chi connectivity index (χ4n) is 3.04. The molecular formula is C22H23N3O7. The molecule has 10 nitrogen and oxygen atoms in total. The SMILES string of the molecule is COc1cc(NC(=O)COC(=O)C2=NN(c3ccccc3)C(=O)CC2)cc(OC)c1OC. The number of rotatable bonds is 8. The van der Waals surface area contributed by atoms with Crippen LogP contribution >= 0.6 is 0 Å². The van der Waals surface area contributed by atoms with Gasteiger partial charge in [-0.2, -0.15) is 5.10 Å². The smallest absolute Gasteiger partial charge is 0.355 e.